The zero-order chi connectivity index (χ0) is 27.2. The van der Waals surface area contributed by atoms with Gasteiger partial charge in [0, 0.05) is 38.6 Å². The van der Waals surface area contributed by atoms with Gasteiger partial charge < -0.3 is 33.2 Å². The first-order valence-corrected chi connectivity index (χ1v) is 12.9. The van der Waals surface area contributed by atoms with Crippen molar-refractivity contribution in [2.24, 2.45) is 32.9 Å². The molecule has 1 aromatic heterocycles. The van der Waals surface area contributed by atoms with Crippen LogP contribution < -0.4 is 33.2 Å². The summed E-state index contributed by atoms with van der Waals surface area (Å²) in [5, 5.41) is 3.44. The van der Waals surface area contributed by atoms with E-state index in [0.717, 1.165) is 6.42 Å². The molecule has 0 aliphatic heterocycles. The summed E-state index contributed by atoms with van der Waals surface area (Å²) in [6.45, 7) is 2.84. The fraction of sp³-hybridized carbons (Fsp3) is 0.346. The minimum Gasteiger partial charge on any atom is -0.370 e. The Morgan fingerprint density at radius 3 is 1.82 bits per heavy atom. The number of nitrogens with zero attached hydrogens (tertiary/aromatic N) is 6. The van der Waals surface area contributed by atoms with Gasteiger partial charge in [0.05, 0.1) is 0 Å². The number of guanidine groups is 2. The summed E-state index contributed by atoms with van der Waals surface area (Å²) in [6, 6.07) is 20.9. The highest BCUT2D eigenvalue weighted by Gasteiger charge is 2.16. The van der Waals surface area contributed by atoms with Gasteiger partial charge in [0.1, 0.15) is 0 Å². The van der Waals surface area contributed by atoms with Crippen molar-refractivity contribution in [2.45, 2.75) is 25.2 Å². The Bertz CT molecular complexity index is 1100. The first-order chi connectivity index (χ1) is 18.4. The van der Waals surface area contributed by atoms with Crippen LogP contribution in [0, 0.1) is 0 Å². The Balaban J connectivity index is 1.70. The van der Waals surface area contributed by atoms with Crippen LogP contribution in [0.5, 0.6) is 0 Å². The van der Waals surface area contributed by atoms with Crippen LogP contribution in [0.2, 0.25) is 5.28 Å². The van der Waals surface area contributed by atoms with Gasteiger partial charge in [0.15, 0.2) is 11.9 Å². The minimum atomic E-state index is 0.0586. The molecule has 0 bridgehead atoms. The van der Waals surface area contributed by atoms with Gasteiger partial charge in [-0.05, 0) is 42.0 Å². The molecule has 0 aliphatic carbocycles. The van der Waals surface area contributed by atoms with E-state index < -0.39 is 0 Å². The Morgan fingerprint density at radius 1 is 0.789 bits per heavy atom. The van der Waals surface area contributed by atoms with Crippen LogP contribution in [0.15, 0.2) is 70.6 Å². The van der Waals surface area contributed by atoms with Crippen LogP contribution in [0.1, 0.15) is 36.3 Å². The molecule has 0 radical (unpaired) electrons. The second-order valence-corrected chi connectivity index (χ2v) is 8.96. The van der Waals surface area contributed by atoms with E-state index in [2.05, 4.69) is 78.8 Å². The van der Waals surface area contributed by atoms with Crippen LogP contribution in [-0.2, 0) is 0 Å². The number of nitrogens with two attached hydrogens (primary N) is 4. The van der Waals surface area contributed by atoms with E-state index in [-0.39, 0.29) is 23.1 Å². The van der Waals surface area contributed by atoms with Gasteiger partial charge in [-0.15, -0.1) is 0 Å². The SMILES string of the molecule is NC(N)=NCCCN(CCCN=C(N)N)c1nc(Cl)nc(NCCC(c2ccccc2)c2ccccc2)n1. The third kappa shape index (κ3) is 9.74. The zero-order valence-electron chi connectivity index (χ0n) is 21.4. The van der Waals surface area contributed by atoms with Crippen molar-refractivity contribution in [3.8, 4) is 0 Å². The fourth-order valence-electron chi connectivity index (χ4n) is 4.04. The molecule has 0 unspecified atom stereocenters. The molecule has 0 spiro atoms. The zero-order valence-corrected chi connectivity index (χ0v) is 22.1. The highest BCUT2D eigenvalue weighted by atomic mass is 35.5. The second-order valence-electron chi connectivity index (χ2n) is 8.62. The lowest BCUT2D eigenvalue weighted by Gasteiger charge is -2.23. The Kier molecular flexibility index (Phi) is 11.4. The van der Waals surface area contributed by atoms with Crippen LogP contribution in [-0.4, -0.2) is 59.6 Å². The average molecular weight is 538 g/mol. The quantitative estimate of drug-likeness (QED) is 0.110. The van der Waals surface area contributed by atoms with Crippen molar-refractivity contribution >= 4 is 35.4 Å². The van der Waals surface area contributed by atoms with Gasteiger partial charge in [-0.25, -0.2) is 0 Å². The van der Waals surface area contributed by atoms with E-state index in [1.54, 1.807) is 0 Å². The Labute approximate surface area is 228 Å². The highest BCUT2D eigenvalue weighted by Crippen LogP contribution is 2.28. The molecule has 0 saturated carbocycles. The standard InChI is InChI=1S/C26H36ClN11/c27-22-35-25(34-16-13-21(19-9-3-1-4-10-19)20-11-5-2-6-12-20)37-26(36-22)38(17-7-14-32-23(28)29)18-8-15-33-24(30)31/h1-6,9-12,21H,7-8,13-18H2,(H4,28,29,32)(H4,30,31,33)(H,34,35,36,37). The van der Waals surface area contributed by atoms with Crippen molar-refractivity contribution in [1.29, 1.82) is 0 Å². The molecule has 9 N–H and O–H groups in total. The second kappa shape index (κ2) is 15.2. The summed E-state index contributed by atoms with van der Waals surface area (Å²) in [4.78, 5) is 23.4. The number of anilines is 2. The first kappa shape index (κ1) is 28.5. The molecule has 12 heteroatoms. The van der Waals surface area contributed by atoms with E-state index in [9.17, 15) is 0 Å². The topological polar surface area (TPSA) is 183 Å². The smallest absolute Gasteiger partial charge is 0.231 e. The predicted molar refractivity (Wildman–Crippen MR) is 155 cm³/mol. The van der Waals surface area contributed by atoms with E-state index in [1.807, 2.05) is 17.0 Å². The summed E-state index contributed by atoms with van der Waals surface area (Å²) < 4.78 is 0. The van der Waals surface area contributed by atoms with Crippen molar-refractivity contribution in [3.63, 3.8) is 0 Å². The summed E-state index contributed by atoms with van der Waals surface area (Å²) in [7, 11) is 0. The van der Waals surface area contributed by atoms with Crippen molar-refractivity contribution in [2.75, 3.05) is 42.9 Å². The average Bonchev–Trinajstić information content (AvgIpc) is 2.90. The van der Waals surface area contributed by atoms with E-state index >= 15 is 0 Å². The predicted octanol–water partition coefficient (Wildman–Crippen LogP) is 2.29. The fourth-order valence-corrected chi connectivity index (χ4v) is 4.19. The number of hydrogen-bond acceptors (Lipinski definition) is 7. The minimum absolute atomic E-state index is 0.0586. The van der Waals surface area contributed by atoms with E-state index in [1.165, 1.54) is 11.1 Å². The molecule has 0 saturated heterocycles. The van der Waals surface area contributed by atoms with Gasteiger partial charge in [-0.3, -0.25) is 9.98 Å². The largest absolute Gasteiger partial charge is 0.370 e. The number of halogens is 1. The van der Waals surface area contributed by atoms with E-state index in [4.69, 9.17) is 34.5 Å². The molecular formula is C26H36ClN11. The molecule has 11 nitrogen and oxygen atoms in total. The summed E-state index contributed by atoms with van der Waals surface area (Å²) in [5.41, 5.74) is 24.3. The summed E-state index contributed by atoms with van der Waals surface area (Å²) >= 11 is 6.29. The molecule has 0 aliphatic rings. The van der Waals surface area contributed by atoms with Crippen LogP contribution >= 0.6 is 11.6 Å². The van der Waals surface area contributed by atoms with Gasteiger partial charge in [-0.1, -0.05) is 60.7 Å². The van der Waals surface area contributed by atoms with Crippen LogP contribution in [0.25, 0.3) is 0 Å². The molecular weight excluding hydrogens is 502 g/mol. The lowest BCUT2D eigenvalue weighted by atomic mass is 9.88. The van der Waals surface area contributed by atoms with Gasteiger partial charge >= 0.3 is 0 Å². The number of nitrogens with one attached hydrogen (secondary N) is 1. The maximum atomic E-state index is 6.29. The van der Waals surface area contributed by atoms with Gasteiger partial charge in [-0.2, -0.15) is 15.0 Å². The number of hydrogen-bond donors (Lipinski definition) is 5. The monoisotopic (exact) mass is 537 g/mol. The van der Waals surface area contributed by atoms with Crippen LogP contribution in [0.3, 0.4) is 0 Å². The summed E-state index contributed by atoms with van der Waals surface area (Å²) in [6.07, 6.45) is 2.23. The lowest BCUT2D eigenvalue weighted by Crippen LogP contribution is -2.30. The first-order valence-electron chi connectivity index (χ1n) is 12.5. The molecule has 3 aromatic rings. The molecule has 38 heavy (non-hydrogen) atoms. The van der Waals surface area contributed by atoms with Gasteiger partial charge in [0.25, 0.3) is 0 Å². The molecule has 2 aromatic carbocycles. The molecule has 0 atom stereocenters. The number of aliphatic imine (C=N–C) groups is 2. The lowest BCUT2D eigenvalue weighted by molar-refractivity contribution is 0.682. The van der Waals surface area contributed by atoms with E-state index in [0.29, 0.717) is 57.5 Å². The maximum Gasteiger partial charge on any atom is 0.231 e. The number of benzene rings is 2. The third-order valence-electron chi connectivity index (χ3n) is 5.76. The Hall–Kier alpha value is -4.12. The summed E-state index contributed by atoms with van der Waals surface area (Å²) in [5.74, 6) is 1.22. The number of rotatable bonds is 15. The molecule has 1 heterocycles. The van der Waals surface area contributed by atoms with Crippen molar-refractivity contribution in [3.05, 3.63) is 77.1 Å². The number of aromatic nitrogens is 3. The highest BCUT2D eigenvalue weighted by molar-refractivity contribution is 6.28. The van der Waals surface area contributed by atoms with Crippen LogP contribution in [0.4, 0.5) is 11.9 Å². The normalized spacial score (nSPS) is 10.7. The molecule has 202 valence electrons. The molecule has 0 fully saturated rings. The molecule has 3 rings (SSSR count). The van der Waals surface area contributed by atoms with Crippen molar-refractivity contribution in [1.82, 2.24) is 15.0 Å². The van der Waals surface area contributed by atoms with Gasteiger partial charge in [0.2, 0.25) is 17.2 Å². The third-order valence-corrected chi connectivity index (χ3v) is 5.93. The van der Waals surface area contributed by atoms with Crippen molar-refractivity contribution < 1.29 is 0 Å². The Morgan fingerprint density at radius 2 is 1.32 bits per heavy atom. The maximum absolute atomic E-state index is 6.29. The molecule has 0 amide bonds.